The molecule has 8 heteroatoms. The highest BCUT2D eigenvalue weighted by molar-refractivity contribution is 7.92. The van der Waals surface area contributed by atoms with E-state index in [0.717, 1.165) is 5.56 Å². The van der Waals surface area contributed by atoms with E-state index >= 15 is 0 Å². The number of hydrogen-bond donors (Lipinski definition) is 1. The van der Waals surface area contributed by atoms with Crippen molar-refractivity contribution in [2.24, 2.45) is 0 Å². The summed E-state index contributed by atoms with van der Waals surface area (Å²) in [5.74, 6) is 0.230. The summed E-state index contributed by atoms with van der Waals surface area (Å²) >= 11 is 0. The summed E-state index contributed by atoms with van der Waals surface area (Å²) in [5, 5.41) is 3.68. The molecule has 0 aliphatic carbocycles. The summed E-state index contributed by atoms with van der Waals surface area (Å²) < 4.78 is 32.7. The standard InChI is InChI=1S/C15H14N4O3S/c1-10-15(11(2)22-18-10)23(20,21)19-13-8-16-9-17-14(13)12-6-4-3-5-7-12/h3-9,19H,1-2H3. The number of aromatic nitrogens is 3. The first-order chi connectivity index (χ1) is 11.0. The molecule has 0 amide bonds. The van der Waals surface area contributed by atoms with Gasteiger partial charge in [0.25, 0.3) is 10.0 Å². The highest BCUT2D eigenvalue weighted by atomic mass is 32.2. The van der Waals surface area contributed by atoms with E-state index in [4.69, 9.17) is 4.52 Å². The largest absolute Gasteiger partial charge is 0.360 e. The molecular weight excluding hydrogens is 316 g/mol. The lowest BCUT2D eigenvalue weighted by Gasteiger charge is -2.11. The molecule has 0 aliphatic rings. The Morgan fingerprint density at radius 3 is 2.52 bits per heavy atom. The zero-order valence-corrected chi connectivity index (χ0v) is 13.3. The highest BCUT2D eigenvalue weighted by Gasteiger charge is 2.25. The molecule has 118 valence electrons. The Morgan fingerprint density at radius 1 is 1.13 bits per heavy atom. The molecule has 0 radical (unpaired) electrons. The van der Waals surface area contributed by atoms with Gasteiger partial charge >= 0.3 is 0 Å². The topological polar surface area (TPSA) is 98.0 Å². The smallest absolute Gasteiger partial charge is 0.267 e. The molecule has 0 fully saturated rings. The molecule has 0 spiro atoms. The maximum atomic E-state index is 12.6. The van der Waals surface area contributed by atoms with Crippen LogP contribution in [-0.4, -0.2) is 23.5 Å². The van der Waals surface area contributed by atoms with Crippen LogP contribution in [0.15, 0.2) is 52.3 Å². The van der Waals surface area contributed by atoms with Crippen LogP contribution in [-0.2, 0) is 10.0 Å². The molecule has 0 saturated carbocycles. The number of anilines is 1. The summed E-state index contributed by atoms with van der Waals surface area (Å²) in [6.07, 6.45) is 2.79. The molecule has 3 aromatic rings. The lowest BCUT2D eigenvalue weighted by molar-refractivity contribution is 0.390. The van der Waals surface area contributed by atoms with Gasteiger partial charge in [-0.3, -0.25) is 4.72 Å². The van der Waals surface area contributed by atoms with Gasteiger partial charge in [-0.1, -0.05) is 35.5 Å². The molecular formula is C15H14N4O3S. The van der Waals surface area contributed by atoms with Crippen LogP contribution in [0.25, 0.3) is 11.3 Å². The van der Waals surface area contributed by atoms with Gasteiger partial charge in [0.15, 0.2) is 10.7 Å². The molecule has 0 aliphatic heterocycles. The van der Waals surface area contributed by atoms with Crippen molar-refractivity contribution < 1.29 is 12.9 Å². The predicted molar refractivity (Wildman–Crippen MR) is 84.3 cm³/mol. The minimum Gasteiger partial charge on any atom is -0.360 e. The van der Waals surface area contributed by atoms with Crippen LogP contribution in [0.2, 0.25) is 0 Å². The second-order valence-corrected chi connectivity index (χ2v) is 6.53. The van der Waals surface area contributed by atoms with E-state index in [1.807, 2.05) is 30.3 Å². The zero-order valence-electron chi connectivity index (χ0n) is 12.5. The average molecular weight is 330 g/mol. The predicted octanol–water partition coefficient (Wildman–Crippen LogP) is 2.55. The maximum Gasteiger partial charge on any atom is 0.267 e. The summed E-state index contributed by atoms with van der Waals surface area (Å²) in [6, 6.07) is 9.26. The Kier molecular flexibility index (Phi) is 3.83. The number of aryl methyl sites for hydroxylation is 2. The molecule has 0 atom stereocenters. The Hall–Kier alpha value is -2.74. The van der Waals surface area contributed by atoms with Crippen molar-refractivity contribution in [2.45, 2.75) is 18.7 Å². The summed E-state index contributed by atoms with van der Waals surface area (Å²) in [4.78, 5) is 8.11. The van der Waals surface area contributed by atoms with E-state index in [9.17, 15) is 8.42 Å². The molecule has 23 heavy (non-hydrogen) atoms. The van der Waals surface area contributed by atoms with Crippen molar-refractivity contribution in [3.8, 4) is 11.3 Å². The van der Waals surface area contributed by atoms with E-state index in [0.29, 0.717) is 17.1 Å². The first-order valence-electron chi connectivity index (χ1n) is 6.80. The first kappa shape index (κ1) is 15.2. The van der Waals surface area contributed by atoms with Crippen molar-refractivity contribution in [1.82, 2.24) is 15.1 Å². The first-order valence-corrected chi connectivity index (χ1v) is 8.28. The number of nitrogens with zero attached hydrogens (tertiary/aromatic N) is 3. The number of hydrogen-bond acceptors (Lipinski definition) is 6. The molecule has 0 unspecified atom stereocenters. The molecule has 3 rings (SSSR count). The fraction of sp³-hybridized carbons (Fsp3) is 0.133. The van der Waals surface area contributed by atoms with Gasteiger partial charge in [-0.05, 0) is 13.8 Å². The lowest BCUT2D eigenvalue weighted by atomic mass is 10.1. The van der Waals surface area contributed by atoms with Gasteiger partial charge in [0.2, 0.25) is 0 Å². The Balaban J connectivity index is 2.05. The minimum atomic E-state index is -3.85. The lowest BCUT2D eigenvalue weighted by Crippen LogP contribution is -2.15. The Labute approximate surface area is 133 Å². The highest BCUT2D eigenvalue weighted by Crippen LogP contribution is 2.28. The van der Waals surface area contributed by atoms with E-state index < -0.39 is 10.0 Å². The monoisotopic (exact) mass is 330 g/mol. The normalized spacial score (nSPS) is 11.4. The SMILES string of the molecule is Cc1noc(C)c1S(=O)(=O)Nc1cncnc1-c1ccccc1. The van der Waals surface area contributed by atoms with Crippen LogP contribution in [0.1, 0.15) is 11.5 Å². The Bertz CT molecular complexity index is 917. The van der Waals surface area contributed by atoms with E-state index in [1.165, 1.54) is 12.5 Å². The van der Waals surface area contributed by atoms with Gasteiger partial charge in [0.05, 0.1) is 17.6 Å². The van der Waals surface area contributed by atoms with E-state index in [1.54, 1.807) is 13.8 Å². The van der Waals surface area contributed by atoms with Gasteiger partial charge in [-0.15, -0.1) is 0 Å². The van der Waals surface area contributed by atoms with Crippen LogP contribution < -0.4 is 4.72 Å². The third kappa shape index (κ3) is 2.93. The van der Waals surface area contributed by atoms with Crippen molar-refractivity contribution in [3.05, 3.63) is 54.3 Å². The molecule has 7 nitrogen and oxygen atoms in total. The van der Waals surface area contributed by atoms with Gasteiger partial charge in [0.1, 0.15) is 12.0 Å². The Morgan fingerprint density at radius 2 is 1.87 bits per heavy atom. The quantitative estimate of drug-likeness (QED) is 0.789. The molecule has 1 aromatic carbocycles. The molecule has 1 N–H and O–H groups in total. The average Bonchev–Trinajstić information content (AvgIpc) is 2.88. The fourth-order valence-corrected chi connectivity index (χ4v) is 3.67. The van der Waals surface area contributed by atoms with Gasteiger partial charge in [-0.2, -0.15) is 0 Å². The van der Waals surface area contributed by atoms with Gasteiger partial charge < -0.3 is 4.52 Å². The third-order valence-corrected chi connectivity index (χ3v) is 4.85. The molecule has 0 bridgehead atoms. The van der Waals surface area contributed by atoms with Crippen molar-refractivity contribution in [1.29, 1.82) is 0 Å². The number of benzene rings is 1. The minimum absolute atomic E-state index is 0.0281. The van der Waals surface area contributed by atoms with Crippen molar-refractivity contribution in [2.75, 3.05) is 4.72 Å². The van der Waals surface area contributed by atoms with Crippen LogP contribution >= 0.6 is 0 Å². The van der Waals surface area contributed by atoms with Crippen molar-refractivity contribution >= 4 is 15.7 Å². The molecule has 2 heterocycles. The van der Waals surface area contributed by atoms with Crippen LogP contribution in [0, 0.1) is 13.8 Å². The van der Waals surface area contributed by atoms with Crippen LogP contribution in [0.5, 0.6) is 0 Å². The summed E-state index contributed by atoms with van der Waals surface area (Å²) in [5.41, 5.74) is 1.87. The van der Waals surface area contributed by atoms with E-state index in [-0.39, 0.29) is 10.7 Å². The molecule has 0 saturated heterocycles. The second-order valence-electron chi connectivity index (χ2n) is 4.91. The van der Waals surface area contributed by atoms with Gasteiger partial charge in [0, 0.05) is 5.56 Å². The maximum absolute atomic E-state index is 12.6. The molecule has 2 aromatic heterocycles. The number of sulfonamides is 1. The zero-order chi connectivity index (χ0) is 16.4. The number of rotatable bonds is 4. The van der Waals surface area contributed by atoms with E-state index in [2.05, 4.69) is 19.8 Å². The van der Waals surface area contributed by atoms with Crippen LogP contribution in [0.3, 0.4) is 0 Å². The van der Waals surface area contributed by atoms with Crippen molar-refractivity contribution in [3.63, 3.8) is 0 Å². The number of nitrogens with one attached hydrogen (secondary N) is 1. The third-order valence-electron chi connectivity index (χ3n) is 3.24. The van der Waals surface area contributed by atoms with Gasteiger partial charge in [-0.25, -0.2) is 18.4 Å². The summed E-state index contributed by atoms with van der Waals surface area (Å²) in [6.45, 7) is 3.12. The summed E-state index contributed by atoms with van der Waals surface area (Å²) in [7, 11) is -3.85. The second kappa shape index (κ2) is 5.81. The fourth-order valence-electron chi connectivity index (χ4n) is 2.28. The van der Waals surface area contributed by atoms with Crippen LogP contribution in [0.4, 0.5) is 5.69 Å².